The molecule has 0 saturated carbocycles. The lowest BCUT2D eigenvalue weighted by molar-refractivity contribution is 0.0949. The molecular formula is C21H16N2O3S. The van der Waals surface area contributed by atoms with Gasteiger partial charge in [-0.2, -0.15) is 0 Å². The lowest BCUT2D eigenvalue weighted by Crippen LogP contribution is -2.23. The summed E-state index contributed by atoms with van der Waals surface area (Å²) in [6.07, 6.45) is 0. The first-order chi connectivity index (χ1) is 13.1. The molecule has 0 saturated heterocycles. The van der Waals surface area contributed by atoms with E-state index in [1.807, 2.05) is 24.3 Å². The summed E-state index contributed by atoms with van der Waals surface area (Å²) in [5.41, 5.74) is 2.30. The van der Waals surface area contributed by atoms with Crippen molar-refractivity contribution in [3.8, 4) is 5.75 Å². The van der Waals surface area contributed by atoms with Crippen LogP contribution in [0.4, 0.5) is 5.69 Å². The minimum Gasteiger partial charge on any atom is -0.508 e. The second kappa shape index (κ2) is 7.17. The van der Waals surface area contributed by atoms with Gasteiger partial charge in [-0.1, -0.05) is 42.1 Å². The van der Waals surface area contributed by atoms with Crippen LogP contribution in [0.1, 0.15) is 26.3 Å². The number of para-hydroxylation sites is 1. The van der Waals surface area contributed by atoms with Crippen LogP contribution in [0.25, 0.3) is 0 Å². The van der Waals surface area contributed by atoms with E-state index in [0.717, 1.165) is 9.79 Å². The van der Waals surface area contributed by atoms with Gasteiger partial charge in [-0.05, 0) is 36.4 Å². The quantitative estimate of drug-likeness (QED) is 0.645. The number of aromatic hydroxyl groups is 1. The third kappa shape index (κ3) is 3.52. The van der Waals surface area contributed by atoms with Crippen molar-refractivity contribution in [3.63, 3.8) is 0 Å². The lowest BCUT2D eigenvalue weighted by Gasteiger charge is -2.10. The maximum absolute atomic E-state index is 12.5. The zero-order valence-corrected chi connectivity index (χ0v) is 15.0. The SMILES string of the molecule is O=C(NCc1ccccc1O)c1ccc2c(c1)NC(=O)c1ccccc1S2. The molecule has 1 aliphatic heterocycles. The van der Waals surface area contributed by atoms with Crippen molar-refractivity contribution in [1.29, 1.82) is 0 Å². The topological polar surface area (TPSA) is 78.4 Å². The number of nitrogens with one attached hydrogen (secondary N) is 2. The van der Waals surface area contributed by atoms with E-state index < -0.39 is 0 Å². The Bertz CT molecular complexity index is 1050. The van der Waals surface area contributed by atoms with Crippen molar-refractivity contribution in [2.24, 2.45) is 0 Å². The average molecular weight is 376 g/mol. The standard InChI is InChI=1S/C21H16N2O3S/c24-17-7-3-1-5-14(17)12-22-20(25)13-9-10-19-16(11-13)23-21(26)15-6-2-4-8-18(15)27-19/h1-11,24H,12H2,(H,22,25)(H,23,26). The number of fused-ring (bicyclic) bond motifs is 2. The van der Waals surface area contributed by atoms with Crippen LogP contribution in [-0.4, -0.2) is 16.9 Å². The van der Waals surface area contributed by atoms with Gasteiger partial charge < -0.3 is 15.7 Å². The Labute approximate surface area is 160 Å². The zero-order valence-electron chi connectivity index (χ0n) is 14.2. The van der Waals surface area contributed by atoms with E-state index >= 15 is 0 Å². The summed E-state index contributed by atoms with van der Waals surface area (Å²) >= 11 is 1.49. The molecule has 1 aliphatic rings. The van der Waals surface area contributed by atoms with Gasteiger partial charge in [0, 0.05) is 27.5 Å². The summed E-state index contributed by atoms with van der Waals surface area (Å²) in [6, 6.07) is 19.5. The fourth-order valence-electron chi connectivity index (χ4n) is 2.85. The van der Waals surface area contributed by atoms with Crippen molar-refractivity contribution in [3.05, 3.63) is 83.4 Å². The molecule has 2 amide bonds. The van der Waals surface area contributed by atoms with E-state index in [2.05, 4.69) is 10.6 Å². The normalized spacial score (nSPS) is 12.4. The highest BCUT2D eigenvalue weighted by molar-refractivity contribution is 7.99. The van der Waals surface area contributed by atoms with E-state index in [9.17, 15) is 14.7 Å². The fraction of sp³-hybridized carbons (Fsp3) is 0.0476. The number of carbonyl (C=O) groups is 2. The van der Waals surface area contributed by atoms with Gasteiger partial charge in [-0.15, -0.1) is 0 Å². The minimum atomic E-state index is -0.276. The van der Waals surface area contributed by atoms with Crippen LogP contribution in [0.15, 0.2) is 76.5 Å². The summed E-state index contributed by atoms with van der Waals surface area (Å²) in [4.78, 5) is 26.7. The first-order valence-electron chi connectivity index (χ1n) is 8.39. The van der Waals surface area contributed by atoms with Crippen molar-refractivity contribution in [2.45, 2.75) is 16.3 Å². The largest absolute Gasteiger partial charge is 0.508 e. The van der Waals surface area contributed by atoms with Gasteiger partial charge in [0.15, 0.2) is 0 Å². The molecule has 6 heteroatoms. The highest BCUT2D eigenvalue weighted by Gasteiger charge is 2.20. The summed E-state index contributed by atoms with van der Waals surface area (Å²) < 4.78 is 0. The molecule has 3 aromatic carbocycles. The first kappa shape index (κ1) is 17.2. The number of hydrogen-bond donors (Lipinski definition) is 3. The number of rotatable bonds is 3. The highest BCUT2D eigenvalue weighted by atomic mass is 32.2. The maximum atomic E-state index is 12.5. The number of amides is 2. The average Bonchev–Trinajstić information content (AvgIpc) is 2.82. The van der Waals surface area contributed by atoms with Crippen molar-refractivity contribution in [1.82, 2.24) is 5.32 Å². The third-order valence-corrected chi connectivity index (χ3v) is 5.42. The monoisotopic (exact) mass is 376 g/mol. The van der Waals surface area contributed by atoms with Crippen LogP contribution in [0.3, 0.4) is 0 Å². The number of phenolic OH excluding ortho intramolecular Hbond substituents is 1. The Balaban J connectivity index is 1.55. The van der Waals surface area contributed by atoms with Gasteiger partial charge in [0.05, 0.1) is 11.3 Å². The Morgan fingerprint density at radius 2 is 1.78 bits per heavy atom. The third-order valence-electron chi connectivity index (χ3n) is 4.27. The maximum Gasteiger partial charge on any atom is 0.256 e. The first-order valence-corrected chi connectivity index (χ1v) is 9.21. The molecule has 0 radical (unpaired) electrons. The van der Waals surface area contributed by atoms with E-state index in [-0.39, 0.29) is 24.1 Å². The highest BCUT2D eigenvalue weighted by Crippen LogP contribution is 2.38. The van der Waals surface area contributed by atoms with Crippen LogP contribution in [-0.2, 0) is 6.54 Å². The van der Waals surface area contributed by atoms with Crippen LogP contribution in [0.2, 0.25) is 0 Å². The number of benzene rings is 3. The molecule has 0 spiro atoms. The second-order valence-electron chi connectivity index (χ2n) is 6.07. The predicted molar refractivity (Wildman–Crippen MR) is 104 cm³/mol. The number of hydrogen-bond acceptors (Lipinski definition) is 4. The second-order valence-corrected chi connectivity index (χ2v) is 7.16. The summed E-state index contributed by atoms with van der Waals surface area (Å²) in [7, 11) is 0. The van der Waals surface area contributed by atoms with Crippen molar-refractivity contribution < 1.29 is 14.7 Å². The van der Waals surface area contributed by atoms with E-state index in [4.69, 9.17) is 0 Å². The van der Waals surface area contributed by atoms with Gasteiger partial charge in [0.1, 0.15) is 5.75 Å². The fourth-order valence-corrected chi connectivity index (χ4v) is 3.86. The van der Waals surface area contributed by atoms with Gasteiger partial charge in [-0.3, -0.25) is 9.59 Å². The Hall–Kier alpha value is -3.25. The number of anilines is 1. The van der Waals surface area contributed by atoms with E-state index in [1.54, 1.807) is 42.5 Å². The molecule has 0 atom stereocenters. The summed E-state index contributed by atoms with van der Waals surface area (Å²) in [6.45, 7) is 0.217. The zero-order chi connectivity index (χ0) is 18.8. The molecular weight excluding hydrogens is 360 g/mol. The molecule has 3 N–H and O–H groups in total. The van der Waals surface area contributed by atoms with Crippen molar-refractivity contribution >= 4 is 29.3 Å². The molecule has 0 bridgehead atoms. The smallest absolute Gasteiger partial charge is 0.256 e. The molecule has 1 heterocycles. The van der Waals surface area contributed by atoms with Gasteiger partial charge in [0.2, 0.25) is 0 Å². The summed E-state index contributed by atoms with van der Waals surface area (Å²) in [5, 5.41) is 15.5. The number of phenols is 1. The Morgan fingerprint density at radius 1 is 1.00 bits per heavy atom. The molecule has 3 aromatic rings. The number of carbonyl (C=O) groups excluding carboxylic acids is 2. The molecule has 0 aromatic heterocycles. The summed E-state index contributed by atoms with van der Waals surface area (Å²) in [5.74, 6) is -0.327. The molecule has 4 rings (SSSR count). The molecule has 0 fully saturated rings. The molecule has 0 unspecified atom stereocenters. The predicted octanol–water partition coefficient (Wildman–Crippen LogP) is 4.04. The van der Waals surface area contributed by atoms with Crippen molar-refractivity contribution in [2.75, 3.05) is 5.32 Å². The molecule has 0 aliphatic carbocycles. The minimum absolute atomic E-state index is 0.140. The van der Waals surface area contributed by atoms with Crippen LogP contribution in [0, 0.1) is 0 Å². The Kier molecular flexibility index (Phi) is 4.56. The van der Waals surface area contributed by atoms with Gasteiger partial charge in [0.25, 0.3) is 11.8 Å². The van der Waals surface area contributed by atoms with Crippen LogP contribution in [0.5, 0.6) is 5.75 Å². The van der Waals surface area contributed by atoms with E-state index in [1.165, 1.54) is 11.8 Å². The van der Waals surface area contributed by atoms with Crippen LogP contribution >= 0.6 is 11.8 Å². The molecule has 27 heavy (non-hydrogen) atoms. The Morgan fingerprint density at radius 3 is 2.63 bits per heavy atom. The molecule has 134 valence electrons. The van der Waals surface area contributed by atoms with Crippen LogP contribution < -0.4 is 10.6 Å². The lowest BCUT2D eigenvalue weighted by atomic mass is 10.1. The molecule has 5 nitrogen and oxygen atoms in total. The van der Waals surface area contributed by atoms with Gasteiger partial charge in [-0.25, -0.2) is 0 Å². The van der Waals surface area contributed by atoms with E-state index in [0.29, 0.717) is 22.4 Å². The van der Waals surface area contributed by atoms with Gasteiger partial charge >= 0.3 is 0 Å².